The first-order chi connectivity index (χ1) is 9.10. The van der Waals surface area contributed by atoms with Crippen molar-refractivity contribution < 1.29 is 4.74 Å². The second-order valence-electron chi connectivity index (χ2n) is 3.94. The maximum atomic E-state index is 5.42. The maximum Gasteiger partial charge on any atom is 0.138 e. The van der Waals surface area contributed by atoms with Crippen molar-refractivity contribution in [2.24, 2.45) is 0 Å². The van der Waals surface area contributed by atoms with Gasteiger partial charge in [-0.3, -0.25) is 0 Å². The SMILES string of the molecule is COc1c(Br)cc(Br)cc1CNc1ccc(Br)cc1. The number of benzene rings is 2. The van der Waals surface area contributed by atoms with Crippen LogP contribution in [0.5, 0.6) is 5.75 Å². The van der Waals surface area contributed by atoms with Gasteiger partial charge in [-0.15, -0.1) is 0 Å². The van der Waals surface area contributed by atoms with Crippen molar-refractivity contribution in [3.63, 3.8) is 0 Å². The average Bonchev–Trinajstić information content (AvgIpc) is 2.37. The van der Waals surface area contributed by atoms with Gasteiger partial charge in [0, 0.05) is 26.7 Å². The Balaban J connectivity index is 2.17. The van der Waals surface area contributed by atoms with Gasteiger partial charge in [0.05, 0.1) is 11.6 Å². The highest BCUT2D eigenvalue weighted by Crippen LogP contribution is 2.33. The average molecular weight is 450 g/mol. The zero-order valence-corrected chi connectivity index (χ0v) is 15.0. The minimum Gasteiger partial charge on any atom is -0.495 e. The second kappa shape index (κ2) is 6.77. The summed E-state index contributed by atoms with van der Waals surface area (Å²) in [5.74, 6) is 0.854. The van der Waals surface area contributed by atoms with Gasteiger partial charge in [0.2, 0.25) is 0 Å². The molecule has 0 aliphatic heterocycles. The molecule has 0 atom stereocenters. The third kappa shape index (κ3) is 3.97. The van der Waals surface area contributed by atoms with Crippen molar-refractivity contribution in [2.75, 3.05) is 12.4 Å². The molecule has 0 unspecified atom stereocenters. The quantitative estimate of drug-likeness (QED) is 0.656. The van der Waals surface area contributed by atoms with Gasteiger partial charge < -0.3 is 10.1 Å². The highest BCUT2D eigenvalue weighted by molar-refractivity contribution is 9.11. The molecule has 19 heavy (non-hydrogen) atoms. The van der Waals surface area contributed by atoms with Gasteiger partial charge in [0.1, 0.15) is 5.75 Å². The predicted molar refractivity (Wildman–Crippen MR) is 89.9 cm³/mol. The molecule has 0 fully saturated rings. The summed E-state index contributed by atoms with van der Waals surface area (Å²) in [5, 5.41) is 3.37. The van der Waals surface area contributed by atoms with Crippen molar-refractivity contribution in [1.29, 1.82) is 0 Å². The minimum atomic E-state index is 0.697. The lowest BCUT2D eigenvalue weighted by Crippen LogP contribution is -2.02. The number of nitrogens with one attached hydrogen (secondary N) is 1. The molecule has 0 saturated heterocycles. The van der Waals surface area contributed by atoms with Crippen LogP contribution in [0.15, 0.2) is 49.8 Å². The Morgan fingerprint density at radius 3 is 2.32 bits per heavy atom. The summed E-state index contributed by atoms with van der Waals surface area (Å²) < 4.78 is 8.46. The monoisotopic (exact) mass is 447 g/mol. The van der Waals surface area contributed by atoms with Gasteiger partial charge in [-0.25, -0.2) is 0 Å². The van der Waals surface area contributed by atoms with E-state index in [1.54, 1.807) is 7.11 Å². The fraction of sp³-hybridized carbons (Fsp3) is 0.143. The van der Waals surface area contributed by atoms with Crippen LogP contribution in [0.1, 0.15) is 5.56 Å². The molecule has 0 radical (unpaired) electrons. The first kappa shape index (κ1) is 14.9. The Morgan fingerprint density at radius 1 is 1.00 bits per heavy atom. The summed E-state index contributed by atoms with van der Waals surface area (Å²) >= 11 is 10.4. The smallest absolute Gasteiger partial charge is 0.138 e. The molecule has 0 saturated carbocycles. The summed E-state index contributed by atoms with van der Waals surface area (Å²) in [4.78, 5) is 0. The van der Waals surface area contributed by atoms with E-state index in [-0.39, 0.29) is 0 Å². The molecular weight excluding hydrogens is 438 g/mol. The van der Waals surface area contributed by atoms with Crippen LogP contribution < -0.4 is 10.1 Å². The number of methoxy groups -OCH3 is 1. The third-order valence-corrected chi connectivity index (χ3v) is 4.19. The van der Waals surface area contributed by atoms with Gasteiger partial charge in [0.25, 0.3) is 0 Å². The van der Waals surface area contributed by atoms with E-state index >= 15 is 0 Å². The van der Waals surface area contributed by atoms with Crippen LogP contribution in [-0.2, 0) is 6.54 Å². The van der Waals surface area contributed by atoms with E-state index in [9.17, 15) is 0 Å². The summed E-state index contributed by atoms with van der Waals surface area (Å²) in [6, 6.07) is 12.1. The van der Waals surface area contributed by atoms with E-state index in [0.29, 0.717) is 6.54 Å². The summed E-state index contributed by atoms with van der Waals surface area (Å²) in [6.45, 7) is 0.697. The molecule has 2 aromatic carbocycles. The van der Waals surface area contributed by atoms with Gasteiger partial charge in [-0.1, -0.05) is 31.9 Å². The number of hydrogen-bond donors (Lipinski definition) is 1. The number of anilines is 1. The predicted octanol–water partition coefficient (Wildman–Crippen LogP) is 5.59. The van der Waals surface area contributed by atoms with Crippen LogP contribution in [0.4, 0.5) is 5.69 Å². The van der Waals surface area contributed by atoms with E-state index in [0.717, 1.165) is 30.4 Å². The Morgan fingerprint density at radius 2 is 1.68 bits per heavy atom. The zero-order valence-electron chi connectivity index (χ0n) is 10.2. The van der Waals surface area contributed by atoms with Crippen molar-refractivity contribution in [2.45, 2.75) is 6.54 Å². The first-order valence-electron chi connectivity index (χ1n) is 5.61. The molecule has 0 spiro atoms. The second-order valence-corrected chi connectivity index (χ2v) is 6.63. The Labute approximate surface area is 137 Å². The molecule has 5 heteroatoms. The molecule has 0 amide bonds. The van der Waals surface area contributed by atoms with Gasteiger partial charge in [-0.05, 0) is 52.3 Å². The Hall–Kier alpha value is -0.520. The lowest BCUT2D eigenvalue weighted by atomic mass is 10.2. The van der Waals surface area contributed by atoms with Crippen molar-refractivity contribution in [3.8, 4) is 5.75 Å². The zero-order chi connectivity index (χ0) is 13.8. The van der Waals surface area contributed by atoms with Crippen LogP contribution in [0.25, 0.3) is 0 Å². The summed E-state index contributed by atoms with van der Waals surface area (Å²) in [7, 11) is 1.68. The summed E-state index contributed by atoms with van der Waals surface area (Å²) in [5.41, 5.74) is 2.16. The highest BCUT2D eigenvalue weighted by atomic mass is 79.9. The fourth-order valence-corrected chi connectivity index (χ4v) is 3.48. The minimum absolute atomic E-state index is 0.697. The molecule has 0 aliphatic rings. The van der Waals surface area contributed by atoms with Crippen LogP contribution >= 0.6 is 47.8 Å². The number of hydrogen-bond acceptors (Lipinski definition) is 2. The van der Waals surface area contributed by atoms with Gasteiger partial charge in [-0.2, -0.15) is 0 Å². The van der Waals surface area contributed by atoms with Crippen molar-refractivity contribution >= 4 is 53.5 Å². The third-order valence-electron chi connectivity index (χ3n) is 2.62. The molecular formula is C14H12Br3NO. The van der Waals surface area contributed by atoms with Crippen molar-refractivity contribution in [3.05, 3.63) is 55.4 Å². The van der Waals surface area contributed by atoms with E-state index < -0.39 is 0 Å². The summed E-state index contributed by atoms with van der Waals surface area (Å²) in [6.07, 6.45) is 0. The Bertz CT molecular complexity index is 570. The standard InChI is InChI=1S/C14H12Br3NO/c1-19-14-9(6-11(16)7-13(14)17)8-18-12-4-2-10(15)3-5-12/h2-7,18H,8H2,1H3. The lowest BCUT2D eigenvalue weighted by Gasteiger charge is -2.13. The first-order valence-corrected chi connectivity index (χ1v) is 7.99. The normalized spacial score (nSPS) is 10.3. The number of halogens is 3. The van der Waals surface area contributed by atoms with Crippen LogP contribution in [0.3, 0.4) is 0 Å². The van der Waals surface area contributed by atoms with Crippen LogP contribution in [0.2, 0.25) is 0 Å². The molecule has 0 heterocycles. The molecule has 2 aromatic rings. The maximum absolute atomic E-state index is 5.42. The molecule has 0 bridgehead atoms. The molecule has 0 aliphatic carbocycles. The van der Waals surface area contributed by atoms with Gasteiger partial charge >= 0.3 is 0 Å². The fourth-order valence-electron chi connectivity index (χ4n) is 1.74. The van der Waals surface area contributed by atoms with E-state index in [2.05, 4.69) is 59.2 Å². The van der Waals surface area contributed by atoms with Crippen molar-refractivity contribution in [1.82, 2.24) is 0 Å². The molecule has 100 valence electrons. The topological polar surface area (TPSA) is 21.3 Å². The lowest BCUT2D eigenvalue weighted by molar-refractivity contribution is 0.407. The Kier molecular flexibility index (Phi) is 5.30. The van der Waals surface area contributed by atoms with Crippen LogP contribution in [-0.4, -0.2) is 7.11 Å². The molecule has 2 rings (SSSR count). The van der Waals surface area contributed by atoms with E-state index in [1.807, 2.05) is 30.3 Å². The number of ether oxygens (including phenoxy) is 1. The highest BCUT2D eigenvalue weighted by Gasteiger charge is 2.09. The molecule has 0 aromatic heterocycles. The molecule has 2 nitrogen and oxygen atoms in total. The van der Waals surface area contributed by atoms with E-state index in [1.165, 1.54) is 0 Å². The van der Waals surface area contributed by atoms with Gasteiger partial charge in [0.15, 0.2) is 0 Å². The van der Waals surface area contributed by atoms with E-state index in [4.69, 9.17) is 4.74 Å². The number of rotatable bonds is 4. The van der Waals surface area contributed by atoms with Crippen LogP contribution in [0, 0.1) is 0 Å². The molecule has 1 N–H and O–H groups in total. The largest absolute Gasteiger partial charge is 0.495 e.